The van der Waals surface area contributed by atoms with Crippen LogP contribution in [0.1, 0.15) is 58.6 Å². The molecule has 0 aliphatic rings. The molecule has 0 saturated heterocycles. The number of ether oxygens (including phenoxy) is 1. The van der Waals surface area contributed by atoms with Crippen LogP contribution < -0.4 is 5.32 Å². The van der Waals surface area contributed by atoms with E-state index in [9.17, 15) is 0 Å². The topological polar surface area (TPSA) is 34.1 Å². The van der Waals surface area contributed by atoms with E-state index >= 15 is 0 Å². The number of nitrogens with zero attached hydrogens (tertiary/aromatic N) is 1. The summed E-state index contributed by atoms with van der Waals surface area (Å²) in [6, 6.07) is 3.76. The van der Waals surface area contributed by atoms with Gasteiger partial charge in [0.15, 0.2) is 0 Å². The van der Waals surface area contributed by atoms with Crippen LogP contribution in [0, 0.1) is 0 Å². The molecule has 0 aromatic carbocycles. The predicted octanol–water partition coefficient (Wildman–Crippen LogP) is 5.04. The first-order chi connectivity index (χ1) is 9.67. The largest absolute Gasteiger partial charge is 0.372 e. The van der Waals surface area contributed by atoms with E-state index in [1.807, 2.05) is 19.1 Å². The van der Waals surface area contributed by atoms with Crippen molar-refractivity contribution in [2.45, 2.75) is 65.6 Å². The number of hydrogen-bond donors (Lipinski definition) is 1. The fourth-order valence-corrected chi connectivity index (χ4v) is 2.19. The van der Waals surface area contributed by atoms with E-state index in [-0.39, 0.29) is 6.10 Å². The van der Waals surface area contributed by atoms with E-state index in [1.165, 1.54) is 25.7 Å². The second kappa shape index (κ2) is 10.0. The molecule has 0 aliphatic heterocycles. The molecule has 4 heteroatoms. The van der Waals surface area contributed by atoms with Gasteiger partial charge in [0.1, 0.15) is 5.82 Å². The van der Waals surface area contributed by atoms with Crippen molar-refractivity contribution < 1.29 is 4.74 Å². The summed E-state index contributed by atoms with van der Waals surface area (Å²) in [5, 5.41) is 3.86. The molecule has 1 heterocycles. The van der Waals surface area contributed by atoms with Gasteiger partial charge in [0.2, 0.25) is 0 Å². The molecule has 0 amide bonds. The van der Waals surface area contributed by atoms with Gasteiger partial charge in [0.05, 0.1) is 23.4 Å². The summed E-state index contributed by atoms with van der Waals surface area (Å²) in [5.74, 6) is 0.853. The molecule has 20 heavy (non-hydrogen) atoms. The van der Waals surface area contributed by atoms with Gasteiger partial charge in [0.25, 0.3) is 0 Å². The van der Waals surface area contributed by atoms with Crippen LogP contribution in [-0.4, -0.2) is 17.6 Å². The summed E-state index contributed by atoms with van der Waals surface area (Å²) in [6.45, 7) is 7.72. The highest BCUT2D eigenvalue weighted by molar-refractivity contribution is 6.31. The minimum Gasteiger partial charge on any atom is -0.372 e. The van der Waals surface area contributed by atoms with Gasteiger partial charge in [0, 0.05) is 6.54 Å². The summed E-state index contributed by atoms with van der Waals surface area (Å²) >= 11 is 6.16. The molecule has 114 valence electrons. The Balaban J connectivity index is 2.38. The summed E-state index contributed by atoms with van der Waals surface area (Å²) in [5.41, 5.74) is 0.811. The highest BCUT2D eigenvalue weighted by atomic mass is 35.5. The van der Waals surface area contributed by atoms with Gasteiger partial charge in [-0.2, -0.15) is 0 Å². The summed E-state index contributed by atoms with van der Waals surface area (Å²) in [6.07, 6.45) is 6.46. The molecule has 1 aromatic heterocycles. The van der Waals surface area contributed by atoms with Crippen LogP contribution in [0.5, 0.6) is 0 Å². The third-order valence-electron chi connectivity index (χ3n) is 3.25. The highest BCUT2D eigenvalue weighted by Gasteiger charge is 2.07. The molecular weight excluding hydrogens is 272 g/mol. The Hall–Kier alpha value is -0.800. The van der Waals surface area contributed by atoms with Crippen molar-refractivity contribution in [3.63, 3.8) is 0 Å². The first-order valence-electron chi connectivity index (χ1n) is 7.68. The summed E-state index contributed by atoms with van der Waals surface area (Å²) in [4.78, 5) is 4.48. The van der Waals surface area contributed by atoms with Crippen molar-refractivity contribution in [3.05, 3.63) is 22.8 Å². The van der Waals surface area contributed by atoms with Gasteiger partial charge < -0.3 is 10.1 Å². The monoisotopic (exact) mass is 298 g/mol. The standard InChI is InChI=1S/C16H27ClN2O/c1-4-6-7-8-9-13(3)20-12-15-14(17)10-11-16(19-15)18-5-2/h10-11,13H,4-9,12H2,1-3H3,(H,18,19). The quantitative estimate of drug-likeness (QED) is 0.614. The van der Waals surface area contributed by atoms with Crippen LogP contribution in [0.3, 0.4) is 0 Å². The fourth-order valence-electron chi connectivity index (χ4n) is 2.03. The van der Waals surface area contributed by atoms with Gasteiger partial charge in [-0.15, -0.1) is 0 Å². The predicted molar refractivity (Wildman–Crippen MR) is 86.4 cm³/mol. The average molecular weight is 299 g/mol. The number of rotatable bonds is 10. The van der Waals surface area contributed by atoms with E-state index in [0.29, 0.717) is 11.6 Å². The van der Waals surface area contributed by atoms with Crippen molar-refractivity contribution in [2.75, 3.05) is 11.9 Å². The minimum atomic E-state index is 0.257. The Kier molecular flexibility index (Phi) is 8.63. The number of pyridine rings is 1. The molecule has 0 fully saturated rings. The third kappa shape index (κ3) is 6.58. The third-order valence-corrected chi connectivity index (χ3v) is 3.59. The normalized spacial score (nSPS) is 12.4. The lowest BCUT2D eigenvalue weighted by atomic mass is 10.1. The molecular formula is C16H27ClN2O. The second-order valence-corrected chi connectivity index (χ2v) is 5.53. The lowest BCUT2D eigenvalue weighted by Crippen LogP contribution is -2.10. The molecule has 1 rings (SSSR count). The molecule has 0 bridgehead atoms. The molecule has 1 atom stereocenters. The zero-order valence-electron chi connectivity index (χ0n) is 12.9. The molecule has 1 N–H and O–H groups in total. The summed E-state index contributed by atoms with van der Waals surface area (Å²) in [7, 11) is 0. The van der Waals surface area contributed by atoms with E-state index < -0.39 is 0 Å². The Labute approximate surface area is 128 Å². The van der Waals surface area contributed by atoms with Crippen molar-refractivity contribution >= 4 is 17.4 Å². The lowest BCUT2D eigenvalue weighted by molar-refractivity contribution is 0.0441. The van der Waals surface area contributed by atoms with Crippen molar-refractivity contribution in [1.29, 1.82) is 0 Å². The maximum Gasteiger partial charge on any atom is 0.126 e. The maximum absolute atomic E-state index is 6.16. The highest BCUT2D eigenvalue weighted by Crippen LogP contribution is 2.19. The van der Waals surface area contributed by atoms with E-state index in [1.54, 1.807) is 0 Å². The molecule has 1 unspecified atom stereocenters. The molecule has 1 aromatic rings. The van der Waals surface area contributed by atoms with E-state index in [0.717, 1.165) is 24.5 Å². The van der Waals surface area contributed by atoms with Crippen LogP contribution in [0.25, 0.3) is 0 Å². The van der Waals surface area contributed by atoms with Crippen LogP contribution in [0.2, 0.25) is 5.02 Å². The molecule has 0 saturated carbocycles. The Bertz CT molecular complexity index is 385. The van der Waals surface area contributed by atoms with E-state index in [2.05, 4.69) is 24.1 Å². The maximum atomic E-state index is 6.16. The molecule has 0 spiro atoms. The van der Waals surface area contributed by atoms with Crippen LogP contribution in [-0.2, 0) is 11.3 Å². The van der Waals surface area contributed by atoms with E-state index in [4.69, 9.17) is 16.3 Å². The number of anilines is 1. The van der Waals surface area contributed by atoms with Gasteiger partial charge in [-0.25, -0.2) is 4.98 Å². The Morgan fingerprint density at radius 3 is 2.75 bits per heavy atom. The van der Waals surface area contributed by atoms with Crippen molar-refractivity contribution in [2.24, 2.45) is 0 Å². The van der Waals surface area contributed by atoms with Crippen molar-refractivity contribution in [3.8, 4) is 0 Å². The zero-order chi connectivity index (χ0) is 14.8. The molecule has 0 radical (unpaired) electrons. The number of hydrogen-bond acceptors (Lipinski definition) is 3. The van der Waals surface area contributed by atoms with Gasteiger partial charge in [-0.05, 0) is 32.4 Å². The molecule has 3 nitrogen and oxygen atoms in total. The van der Waals surface area contributed by atoms with Gasteiger partial charge in [-0.1, -0.05) is 44.2 Å². The second-order valence-electron chi connectivity index (χ2n) is 5.13. The lowest BCUT2D eigenvalue weighted by Gasteiger charge is -2.14. The number of halogens is 1. The SMILES string of the molecule is CCCCCCC(C)OCc1nc(NCC)ccc1Cl. The minimum absolute atomic E-state index is 0.257. The van der Waals surface area contributed by atoms with Gasteiger partial charge >= 0.3 is 0 Å². The fraction of sp³-hybridized carbons (Fsp3) is 0.688. The zero-order valence-corrected chi connectivity index (χ0v) is 13.7. The van der Waals surface area contributed by atoms with Crippen LogP contribution >= 0.6 is 11.6 Å². The number of unbranched alkanes of at least 4 members (excludes halogenated alkanes) is 3. The van der Waals surface area contributed by atoms with Crippen molar-refractivity contribution in [1.82, 2.24) is 4.98 Å². The average Bonchev–Trinajstić information content (AvgIpc) is 2.44. The van der Waals surface area contributed by atoms with Crippen LogP contribution in [0.4, 0.5) is 5.82 Å². The Morgan fingerprint density at radius 1 is 1.25 bits per heavy atom. The first kappa shape index (κ1) is 17.3. The first-order valence-corrected chi connectivity index (χ1v) is 8.06. The summed E-state index contributed by atoms with van der Waals surface area (Å²) < 4.78 is 5.85. The van der Waals surface area contributed by atoms with Crippen LogP contribution in [0.15, 0.2) is 12.1 Å². The van der Waals surface area contributed by atoms with Gasteiger partial charge in [-0.3, -0.25) is 0 Å². The number of aromatic nitrogens is 1. The Morgan fingerprint density at radius 2 is 2.05 bits per heavy atom. The number of nitrogens with one attached hydrogen (secondary N) is 1. The molecule has 0 aliphatic carbocycles. The smallest absolute Gasteiger partial charge is 0.126 e.